The van der Waals surface area contributed by atoms with E-state index >= 15 is 0 Å². The van der Waals surface area contributed by atoms with E-state index in [0.717, 1.165) is 22.6 Å². The number of aryl methyl sites for hydroxylation is 2. The van der Waals surface area contributed by atoms with E-state index in [0.29, 0.717) is 12.3 Å². The molecule has 0 radical (unpaired) electrons. The maximum absolute atomic E-state index is 11.9. The molecule has 5 nitrogen and oxygen atoms in total. The predicted molar refractivity (Wildman–Crippen MR) is 99.4 cm³/mol. The summed E-state index contributed by atoms with van der Waals surface area (Å²) in [4.78, 5) is 11.9. The van der Waals surface area contributed by atoms with Crippen LogP contribution in [0.25, 0.3) is 5.69 Å². The summed E-state index contributed by atoms with van der Waals surface area (Å²) >= 11 is 0. The van der Waals surface area contributed by atoms with Gasteiger partial charge in [-0.2, -0.15) is 5.10 Å². The Kier molecular flexibility index (Phi) is 5.69. The summed E-state index contributed by atoms with van der Waals surface area (Å²) in [6.45, 7) is 4.44. The van der Waals surface area contributed by atoms with Crippen molar-refractivity contribution in [2.75, 3.05) is 6.61 Å². The van der Waals surface area contributed by atoms with Gasteiger partial charge in [0, 0.05) is 6.20 Å². The van der Waals surface area contributed by atoms with E-state index in [1.54, 1.807) is 4.68 Å². The maximum Gasteiger partial charge on any atom is 0.309 e. The second-order valence-corrected chi connectivity index (χ2v) is 6.12. The van der Waals surface area contributed by atoms with Gasteiger partial charge in [0.2, 0.25) is 0 Å². The van der Waals surface area contributed by atoms with Gasteiger partial charge >= 0.3 is 5.97 Å². The summed E-state index contributed by atoms with van der Waals surface area (Å²) in [5.74, 6) is 0.504. The molecular weight excluding hydrogens is 328 g/mol. The summed E-state index contributed by atoms with van der Waals surface area (Å²) < 4.78 is 12.7. The third-order valence-electron chi connectivity index (χ3n) is 3.95. The molecule has 3 rings (SSSR count). The zero-order chi connectivity index (χ0) is 18.4. The third kappa shape index (κ3) is 4.72. The number of para-hydroxylation sites is 1. The van der Waals surface area contributed by atoms with Crippen LogP contribution in [0, 0.1) is 13.8 Å². The van der Waals surface area contributed by atoms with Crippen LogP contribution < -0.4 is 4.74 Å². The minimum absolute atomic E-state index is 0.155. The van der Waals surface area contributed by atoms with Crippen LogP contribution >= 0.6 is 0 Å². The lowest BCUT2D eigenvalue weighted by atomic mass is 10.1. The molecule has 1 aromatic heterocycles. The van der Waals surface area contributed by atoms with E-state index < -0.39 is 0 Å². The molecule has 26 heavy (non-hydrogen) atoms. The second-order valence-electron chi connectivity index (χ2n) is 6.12. The molecule has 0 unspecified atom stereocenters. The largest absolute Gasteiger partial charge is 0.493 e. The fourth-order valence-electron chi connectivity index (χ4n) is 2.50. The zero-order valence-corrected chi connectivity index (χ0v) is 15.0. The fraction of sp³-hybridized carbons (Fsp3) is 0.238. The van der Waals surface area contributed by atoms with Crippen molar-refractivity contribution in [1.29, 1.82) is 0 Å². The molecule has 1 heterocycles. The minimum Gasteiger partial charge on any atom is -0.493 e. The van der Waals surface area contributed by atoms with Crippen molar-refractivity contribution in [3.8, 4) is 11.4 Å². The van der Waals surface area contributed by atoms with Gasteiger partial charge in [-0.1, -0.05) is 30.3 Å². The van der Waals surface area contributed by atoms with E-state index in [4.69, 9.17) is 9.47 Å². The van der Waals surface area contributed by atoms with Crippen LogP contribution in [0.5, 0.6) is 5.75 Å². The van der Waals surface area contributed by atoms with Crippen LogP contribution in [0.2, 0.25) is 0 Å². The molecule has 0 saturated carbocycles. The van der Waals surface area contributed by atoms with E-state index in [1.165, 1.54) is 0 Å². The number of carbonyl (C=O) groups excluding carboxylic acids is 1. The first-order chi connectivity index (χ1) is 12.6. The first kappa shape index (κ1) is 17.7. The van der Waals surface area contributed by atoms with Crippen LogP contribution in [-0.4, -0.2) is 22.4 Å². The number of esters is 1. The Balaban J connectivity index is 1.44. The molecule has 3 aromatic rings. The van der Waals surface area contributed by atoms with Crippen LogP contribution in [0.4, 0.5) is 0 Å². The molecule has 0 amide bonds. The number of hydrogen-bond donors (Lipinski definition) is 0. The highest BCUT2D eigenvalue weighted by molar-refractivity contribution is 5.69. The van der Waals surface area contributed by atoms with Gasteiger partial charge in [-0.15, -0.1) is 0 Å². The van der Waals surface area contributed by atoms with Crippen LogP contribution in [0.3, 0.4) is 0 Å². The Bertz CT molecular complexity index is 872. The summed E-state index contributed by atoms with van der Waals surface area (Å²) in [6, 6.07) is 17.6. The molecule has 2 aromatic carbocycles. The molecule has 0 aliphatic rings. The lowest BCUT2D eigenvalue weighted by Gasteiger charge is -2.09. The molecule has 134 valence electrons. The van der Waals surface area contributed by atoms with Crippen molar-refractivity contribution in [3.63, 3.8) is 0 Å². The molecule has 0 atom stereocenters. The van der Waals surface area contributed by atoms with Gasteiger partial charge in [-0.25, -0.2) is 4.68 Å². The first-order valence-electron chi connectivity index (χ1n) is 8.57. The number of carbonyl (C=O) groups is 1. The fourth-order valence-corrected chi connectivity index (χ4v) is 2.50. The lowest BCUT2D eigenvalue weighted by molar-refractivity contribution is -0.145. The summed E-state index contributed by atoms with van der Waals surface area (Å²) in [5.41, 5.74) is 3.85. The molecule has 5 heteroatoms. The average molecular weight is 350 g/mol. The number of aromatic nitrogens is 2. The first-order valence-corrected chi connectivity index (χ1v) is 8.57. The van der Waals surface area contributed by atoms with E-state index in [2.05, 4.69) is 5.10 Å². The molecular formula is C21H22N2O3. The van der Waals surface area contributed by atoms with Crippen molar-refractivity contribution in [3.05, 3.63) is 77.6 Å². The van der Waals surface area contributed by atoms with Gasteiger partial charge in [0.1, 0.15) is 18.1 Å². The lowest BCUT2D eigenvalue weighted by Crippen LogP contribution is -2.10. The number of nitrogens with zero attached hydrogens (tertiary/aromatic N) is 2. The van der Waals surface area contributed by atoms with Crippen molar-refractivity contribution in [2.24, 2.45) is 0 Å². The summed E-state index contributed by atoms with van der Waals surface area (Å²) in [5, 5.41) is 4.41. The van der Waals surface area contributed by atoms with Crippen molar-refractivity contribution >= 4 is 5.97 Å². The Hall–Kier alpha value is -3.08. The quantitative estimate of drug-likeness (QED) is 0.604. The zero-order valence-electron chi connectivity index (χ0n) is 15.0. The van der Waals surface area contributed by atoms with Crippen LogP contribution in [0.1, 0.15) is 23.2 Å². The number of hydrogen-bond acceptors (Lipinski definition) is 4. The van der Waals surface area contributed by atoms with E-state index in [1.807, 2.05) is 74.6 Å². The van der Waals surface area contributed by atoms with E-state index in [9.17, 15) is 4.79 Å². The number of rotatable bonds is 7. The van der Waals surface area contributed by atoms with Crippen molar-refractivity contribution in [2.45, 2.75) is 26.9 Å². The van der Waals surface area contributed by atoms with Gasteiger partial charge in [0.25, 0.3) is 0 Å². The van der Waals surface area contributed by atoms with E-state index in [-0.39, 0.29) is 19.0 Å². The molecule has 0 aliphatic heterocycles. The maximum atomic E-state index is 11.9. The highest BCUT2D eigenvalue weighted by Crippen LogP contribution is 2.19. The highest BCUT2D eigenvalue weighted by Gasteiger charge is 2.08. The Morgan fingerprint density at radius 2 is 1.88 bits per heavy atom. The molecule has 0 saturated heterocycles. The van der Waals surface area contributed by atoms with Gasteiger partial charge < -0.3 is 9.47 Å². The topological polar surface area (TPSA) is 53.4 Å². The highest BCUT2D eigenvalue weighted by atomic mass is 16.5. The van der Waals surface area contributed by atoms with Gasteiger partial charge in [-0.3, -0.25) is 4.79 Å². The Morgan fingerprint density at radius 1 is 1.08 bits per heavy atom. The Labute approximate surface area is 153 Å². The predicted octanol–water partition coefficient (Wildman–Crippen LogP) is 4.00. The molecule has 0 bridgehead atoms. The van der Waals surface area contributed by atoms with Gasteiger partial charge in [0.05, 0.1) is 18.7 Å². The van der Waals surface area contributed by atoms with Crippen molar-refractivity contribution in [1.82, 2.24) is 9.78 Å². The minimum atomic E-state index is -0.301. The van der Waals surface area contributed by atoms with Crippen molar-refractivity contribution < 1.29 is 14.3 Å². The molecule has 0 N–H and O–H groups in total. The van der Waals surface area contributed by atoms with Crippen LogP contribution in [0.15, 0.2) is 60.8 Å². The van der Waals surface area contributed by atoms with Gasteiger partial charge in [0.15, 0.2) is 0 Å². The van der Waals surface area contributed by atoms with Crippen LogP contribution in [-0.2, 0) is 16.1 Å². The molecule has 0 spiro atoms. The molecule has 0 fully saturated rings. The average Bonchev–Trinajstić information content (AvgIpc) is 3.13. The Morgan fingerprint density at radius 3 is 2.69 bits per heavy atom. The second kappa shape index (κ2) is 8.34. The number of ether oxygens (including phenoxy) is 2. The number of benzene rings is 2. The molecule has 0 aliphatic carbocycles. The summed E-state index contributed by atoms with van der Waals surface area (Å²) in [6.07, 6.45) is 2.05. The van der Waals surface area contributed by atoms with Gasteiger partial charge in [-0.05, 0) is 49.2 Å². The SMILES string of the molecule is Cc1ccc(C)c(OCCC(=O)OCc2ccn(-c3ccccc3)n2)c1. The smallest absolute Gasteiger partial charge is 0.309 e. The third-order valence-corrected chi connectivity index (χ3v) is 3.95. The summed E-state index contributed by atoms with van der Waals surface area (Å²) in [7, 11) is 0. The standard InChI is InChI=1S/C21H22N2O3/c1-16-8-9-17(2)20(14-16)25-13-11-21(24)26-15-18-10-12-23(22-18)19-6-4-3-5-7-19/h3-10,12,14H,11,13,15H2,1-2H3. The monoisotopic (exact) mass is 350 g/mol. The normalized spacial score (nSPS) is 10.5.